The Morgan fingerprint density at radius 1 is 1.61 bits per heavy atom. The van der Waals surface area contributed by atoms with E-state index >= 15 is 0 Å². The van der Waals surface area contributed by atoms with E-state index in [-0.39, 0.29) is 0 Å². The van der Waals surface area contributed by atoms with Crippen LogP contribution in [0.15, 0.2) is 12.4 Å². The standard InChI is InChI=1S/C10H14F3N3O2/c1-7(8-3-14-15(2)4-8)16(5-9(17)18)6-10(11,12)13/h3-4,7H,5-6H2,1-2H3,(H,17,18). The fourth-order valence-corrected chi connectivity index (χ4v) is 1.60. The highest BCUT2D eigenvalue weighted by Crippen LogP contribution is 2.24. The SMILES string of the molecule is CC(c1cnn(C)c1)N(CC(=O)O)CC(F)(F)F. The molecule has 1 atom stereocenters. The summed E-state index contributed by atoms with van der Waals surface area (Å²) in [6, 6.07) is -0.670. The molecule has 1 heterocycles. The predicted molar refractivity (Wildman–Crippen MR) is 56.9 cm³/mol. The van der Waals surface area contributed by atoms with Crippen molar-refractivity contribution in [2.45, 2.75) is 19.1 Å². The highest BCUT2D eigenvalue weighted by atomic mass is 19.4. The number of carbonyl (C=O) groups is 1. The molecule has 0 saturated carbocycles. The molecule has 0 amide bonds. The molecule has 0 saturated heterocycles. The van der Waals surface area contributed by atoms with Gasteiger partial charge in [0.25, 0.3) is 0 Å². The van der Waals surface area contributed by atoms with E-state index in [1.54, 1.807) is 13.2 Å². The Hall–Kier alpha value is -1.57. The molecule has 0 aliphatic rings. The monoisotopic (exact) mass is 265 g/mol. The molecule has 1 aromatic heterocycles. The van der Waals surface area contributed by atoms with Crippen molar-refractivity contribution >= 4 is 5.97 Å². The first kappa shape index (κ1) is 14.5. The molecule has 5 nitrogen and oxygen atoms in total. The fourth-order valence-electron chi connectivity index (χ4n) is 1.60. The molecule has 1 N–H and O–H groups in total. The summed E-state index contributed by atoms with van der Waals surface area (Å²) in [5.74, 6) is -1.30. The number of hydrogen-bond acceptors (Lipinski definition) is 3. The van der Waals surface area contributed by atoms with Gasteiger partial charge in [0, 0.05) is 24.8 Å². The van der Waals surface area contributed by atoms with Gasteiger partial charge in [0.2, 0.25) is 0 Å². The summed E-state index contributed by atoms with van der Waals surface area (Å²) in [4.78, 5) is 11.5. The molecule has 1 aromatic rings. The van der Waals surface area contributed by atoms with Crippen LogP contribution in [0.1, 0.15) is 18.5 Å². The average Bonchev–Trinajstić information content (AvgIpc) is 2.59. The van der Waals surface area contributed by atoms with Gasteiger partial charge in [0.1, 0.15) is 0 Å². The van der Waals surface area contributed by atoms with Crippen LogP contribution in [0, 0.1) is 0 Å². The molecule has 0 aliphatic heterocycles. The van der Waals surface area contributed by atoms with Gasteiger partial charge < -0.3 is 5.11 Å². The largest absolute Gasteiger partial charge is 0.480 e. The second-order valence-electron chi connectivity index (χ2n) is 4.04. The zero-order chi connectivity index (χ0) is 13.9. The highest BCUT2D eigenvalue weighted by molar-refractivity contribution is 5.69. The number of aryl methyl sites for hydroxylation is 1. The van der Waals surface area contributed by atoms with E-state index in [1.807, 2.05) is 0 Å². The maximum absolute atomic E-state index is 12.4. The molecular formula is C10H14F3N3O2. The van der Waals surface area contributed by atoms with Crippen LogP contribution in [0.3, 0.4) is 0 Å². The second kappa shape index (κ2) is 5.38. The van der Waals surface area contributed by atoms with Gasteiger partial charge in [-0.3, -0.25) is 14.4 Å². The minimum absolute atomic E-state index is 0.544. The number of halogens is 3. The molecule has 102 valence electrons. The summed E-state index contributed by atoms with van der Waals surface area (Å²) in [5, 5.41) is 12.5. The first-order chi connectivity index (χ1) is 8.19. The Balaban J connectivity index is 2.84. The summed E-state index contributed by atoms with van der Waals surface area (Å²) < 4.78 is 38.6. The Morgan fingerprint density at radius 2 is 2.22 bits per heavy atom. The quantitative estimate of drug-likeness (QED) is 0.875. The van der Waals surface area contributed by atoms with Crippen molar-refractivity contribution < 1.29 is 23.1 Å². The van der Waals surface area contributed by atoms with Gasteiger partial charge in [-0.25, -0.2) is 0 Å². The summed E-state index contributed by atoms with van der Waals surface area (Å²) in [6.07, 6.45) is -1.45. The van der Waals surface area contributed by atoms with Gasteiger partial charge in [-0.1, -0.05) is 0 Å². The number of carboxylic acids is 1. The number of aliphatic carboxylic acids is 1. The van der Waals surface area contributed by atoms with Gasteiger partial charge in [-0.05, 0) is 6.92 Å². The number of hydrogen-bond donors (Lipinski definition) is 1. The van der Waals surface area contributed by atoms with Gasteiger partial charge in [-0.15, -0.1) is 0 Å². The lowest BCUT2D eigenvalue weighted by atomic mass is 10.1. The van der Waals surface area contributed by atoms with E-state index in [4.69, 9.17) is 5.11 Å². The predicted octanol–water partition coefficient (Wildman–Crippen LogP) is 1.43. The van der Waals surface area contributed by atoms with Crippen LogP contribution in [0.25, 0.3) is 0 Å². The van der Waals surface area contributed by atoms with Crippen LogP contribution in [0.2, 0.25) is 0 Å². The zero-order valence-electron chi connectivity index (χ0n) is 9.98. The Kier molecular flexibility index (Phi) is 4.33. The first-order valence-corrected chi connectivity index (χ1v) is 5.20. The molecule has 0 radical (unpaired) electrons. The number of rotatable bonds is 5. The van der Waals surface area contributed by atoms with E-state index < -0.39 is 31.3 Å². The molecule has 0 fully saturated rings. The van der Waals surface area contributed by atoms with Gasteiger partial charge in [-0.2, -0.15) is 18.3 Å². The maximum Gasteiger partial charge on any atom is 0.401 e. The Bertz CT molecular complexity index is 417. The second-order valence-corrected chi connectivity index (χ2v) is 4.04. The molecule has 8 heteroatoms. The molecule has 1 unspecified atom stereocenters. The molecule has 18 heavy (non-hydrogen) atoms. The van der Waals surface area contributed by atoms with Crippen molar-refractivity contribution in [2.24, 2.45) is 7.05 Å². The van der Waals surface area contributed by atoms with Crippen LogP contribution in [-0.2, 0) is 11.8 Å². The average molecular weight is 265 g/mol. The van der Waals surface area contributed by atoms with Gasteiger partial charge in [0.15, 0.2) is 0 Å². The molecular weight excluding hydrogens is 251 g/mol. The van der Waals surface area contributed by atoms with E-state index in [0.717, 1.165) is 4.90 Å². The van der Waals surface area contributed by atoms with Crippen LogP contribution in [0.4, 0.5) is 13.2 Å². The molecule has 0 aromatic carbocycles. The van der Waals surface area contributed by atoms with Gasteiger partial charge >= 0.3 is 12.1 Å². The topological polar surface area (TPSA) is 58.4 Å². The highest BCUT2D eigenvalue weighted by Gasteiger charge is 2.34. The Labute approximate surface area is 102 Å². The van der Waals surface area contributed by atoms with Crippen molar-refractivity contribution in [3.05, 3.63) is 18.0 Å². The fraction of sp³-hybridized carbons (Fsp3) is 0.600. The van der Waals surface area contributed by atoms with E-state index in [0.29, 0.717) is 5.56 Å². The maximum atomic E-state index is 12.4. The van der Waals surface area contributed by atoms with Gasteiger partial charge in [0.05, 0.1) is 19.3 Å². The molecule has 0 spiro atoms. The third-order valence-corrected chi connectivity index (χ3v) is 2.48. The summed E-state index contributed by atoms with van der Waals surface area (Å²) in [6.45, 7) is -0.420. The number of alkyl halides is 3. The van der Waals surface area contributed by atoms with Crippen molar-refractivity contribution in [3.8, 4) is 0 Å². The van der Waals surface area contributed by atoms with E-state index in [9.17, 15) is 18.0 Å². The number of nitrogens with zero attached hydrogens (tertiary/aromatic N) is 3. The minimum Gasteiger partial charge on any atom is -0.480 e. The van der Waals surface area contributed by atoms with Crippen LogP contribution in [0.5, 0.6) is 0 Å². The van der Waals surface area contributed by atoms with Crippen LogP contribution < -0.4 is 0 Å². The number of carboxylic acid groups (broad SMARTS) is 1. The Morgan fingerprint density at radius 3 is 2.61 bits per heavy atom. The summed E-state index contributed by atoms with van der Waals surface area (Å²) in [7, 11) is 1.64. The molecule has 0 bridgehead atoms. The van der Waals surface area contributed by atoms with E-state index in [1.165, 1.54) is 17.8 Å². The summed E-state index contributed by atoms with van der Waals surface area (Å²) in [5.41, 5.74) is 0.544. The van der Waals surface area contributed by atoms with Crippen LogP contribution >= 0.6 is 0 Å². The lowest BCUT2D eigenvalue weighted by Crippen LogP contribution is -2.39. The van der Waals surface area contributed by atoms with Crippen molar-refractivity contribution in [1.29, 1.82) is 0 Å². The summed E-state index contributed by atoms with van der Waals surface area (Å²) >= 11 is 0. The van der Waals surface area contributed by atoms with Crippen molar-refractivity contribution in [1.82, 2.24) is 14.7 Å². The van der Waals surface area contributed by atoms with Crippen molar-refractivity contribution in [2.75, 3.05) is 13.1 Å². The minimum atomic E-state index is -4.44. The lowest BCUT2D eigenvalue weighted by molar-refractivity contribution is -0.157. The molecule has 1 rings (SSSR count). The van der Waals surface area contributed by atoms with Crippen LogP contribution in [-0.4, -0.2) is 45.0 Å². The third kappa shape index (κ3) is 4.36. The smallest absolute Gasteiger partial charge is 0.401 e. The molecule has 0 aliphatic carbocycles. The number of aromatic nitrogens is 2. The zero-order valence-corrected chi connectivity index (χ0v) is 9.98. The van der Waals surface area contributed by atoms with Crippen molar-refractivity contribution in [3.63, 3.8) is 0 Å². The van der Waals surface area contributed by atoms with E-state index in [2.05, 4.69) is 5.10 Å². The lowest BCUT2D eigenvalue weighted by Gasteiger charge is -2.27. The first-order valence-electron chi connectivity index (χ1n) is 5.20. The normalized spacial score (nSPS) is 13.9. The third-order valence-electron chi connectivity index (χ3n) is 2.48.